The summed E-state index contributed by atoms with van der Waals surface area (Å²) in [5, 5.41) is 3.35. The van der Waals surface area contributed by atoms with Gasteiger partial charge in [-0.05, 0) is 26.8 Å². The van der Waals surface area contributed by atoms with Gasteiger partial charge in [0.1, 0.15) is 4.88 Å². The molecule has 5 nitrogen and oxygen atoms in total. The monoisotopic (exact) mass is 350 g/mol. The fourth-order valence-electron chi connectivity index (χ4n) is 2.25. The number of nitrogens with zero attached hydrogens (tertiary/aromatic N) is 1. The van der Waals surface area contributed by atoms with Crippen molar-refractivity contribution in [1.29, 1.82) is 0 Å². The molecule has 0 unspecified atom stereocenters. The first-order valence-electron chi connectivity index (χ1n) is 8.18. The van der Waals surface area contributed by atoms with E-state index in [0.29, 0.717) is 4.88 Å². The van der Waals surface area contributed by atoms with Crippen LogP contribution >= 0.6 is 11.3 Å². The van der Waals surface area contributed by atoms with E-state index < -0.39 is 0 Å². The normalized spacial score (nSPS) is 15.5. The number of anilines is 1. The van der Waals surface area contributed by atoms with Gasteiger partial charge in [0.25, 0.3) is 0 Å². The van der Waals surface area contributed by atoms with Crippen molar-refractivity contribution in [2.45, 2.75) is 20.8 Å². The molecule has 2 heterocycles. The van der Waals surface area contributed by atoms with E-state index in [2.05, 4.69) is 42.8 Å². The minimum absolute atomic E-state index is 0.0701. The van der Waals surface area contributed by atoms with Gasteiger partial charge in [0.05, 0.1) is 30.9 Å². The lowest BCUT2D eigenvalue weighted by Gasteiger charge is -2.26. The Labute approximate surface area is 148 Å². The highest BCUT2D eigenvalue weighted by Gasteiger charge is 2.17. The van der Waals surface area contributed by atoms with Crippen molar-refractivity contribution in [2.24, 2.45) is 5.41 Å². The second kappa shape index (κ2) is 8.52. The summed E-state index contributed by atoms with van der Waals surface area (Å²) >= 11 is 1.37. The lowest BCUT2D eigenvalue weighted by Crippen LogP contribution is -2.39. The summed E-state index contributed by atoms with van der Waals surface area (Å²) in [6.07, 6.45) is 0. The van der Waals surface area contributed by atoms with Crippen LogP contribution in [-0.4, -0.2) is 57.4 Å². The molecule has 1 fully saturated rings. The quantitative estimate of drug-likeness (QED) is 0.654. The molecule has 1 N–H and O–H groups in total. The molecule has 0 aliphatic carbocycles. The largest absolute Gasteiger partial charge is 0.465 e. The third-order valence-corrected chi connectivity index (χ3v) is 4.54. The molecule has 2 rings (SSSR count). The van der Waals surface area contributed by atoms with E-state index in [1.54, 1.807) is 0 Å². The summed E-state index contributed by atoms with van der Waals surface area (Å²) in [6, 6.07) is 1.94. The number of carbonyl (C=O) groups is 1. The van der Waals surface area contributed by atoms with E-state index in [4.69, 9.17) is 9.47 Å². The summed E-state index contributed by atoms with van der Waals surface area (Å²) in [6.45, 7) is 11.4. The van der Waals surface area contributed by atoms with Gasteiger partial charge < -0.3 is 14.8 Å². The maximum atomic E-state index is 12.0. The SMILES string of the molecule is COC(=O)c1sc(C#CC(C)(C)C)cc1NCCN1CCOCC1. The smallest absolute Gasteiger partial charge is 0.350 e. The van der Waals surface area contributed by atoms with Crippen molar-refractivity contribution in [2.75, 3.05) is 51.8 Å². The average molecular weight is 350 g/mol. The zero-order valence-electron chi connectivity index (χ0n) is 14.9. The van der Waals surface area contributed by atoms with Gasteiger partial charge in [-0.1, -0.05) is 11.8 Å². The molecule has 0 aromatic carbocycles. The van der Waals surface area contributed by atoms with Gasteiger partial charge in [0, 0.05) is 31.6 Å². The van der Waals surface area contributed by atoms with Gasteiger partial charge >= 0.3 is 5.97 Å². The van der Waals surface area contributed by atoms with E-state index in [-0.39, 0.29) is 11.4 Å². The number of thiophene rings is 1. The van der Waals surface area contributed by atoms with E-state index in [1.807, 2.05) is 6.07 Å². The fourth-order valence-corrected chi connectivity index (χ4v) is 3.16. The van der Waals surface area contributed by atoms with Gasteiger partial charge in [-0.3, -0.25) is 4.90 Å². The minimum Gasteiger partial charge on any atom is -0.465 e. The molecular weight excluding hydrogens is 324 g/mol. The highest BCUT2D eigenvalue weighted by atomic mass is 32.1. The molecule has 0 radical (unpaired) electrons. The summed E-state index contributed by atoms with van der Waals surface area (Å²) in [5.74, 6) is 6.04. The number of rotatable bonds is 5. The molecule has 0 amide bonds. The van der Waals surface area contributed by atoms with Crippen molar-refractivity contribution < 1.29 is 14.3 Å². The van der Waals surface area contributed by atoms with Gasteiger partial charge in [0.2, 0.25) is 0 Å². The van der Waals surface area contributed by atoms with Gasteiger partial charge in [0.15, 0.2) is 0 Å². The molecule has 132 valence electrons. The van der Waals surface area contributed by atoms with Crippen LogP contribution in [0.5, 0.6) is 0 Å². The first-order valence-corrected chi connectivity index (χ1v) is 9.00. The van der Waals surface area contributed by atoms with Crippen LogP contribution in [0.25, 0.3) is 0 Å². The van der Waals surface area contributed by atoms with Crippen molar-refractivity contribution in [3.05, 3.63) is 15.8 Å². The Balaban J connectivity index is 2.04. The summed E-state index contributed by atoms with van der Waals surface area (Å²) in [5.41, 5.74) is 0.734. The van der Waals surface area contributed by atoms with E-state index in [1.165, 1.54) is 18.4 Å². The summed E-state index contributed by atoms with van der Waals surface area (Å²) < 4.78 is 10.2. The van der Waals surface area contributed by atoms with Crippen LogP contribution in [0, 0.1) is 17.3 Å². The fraction of sp³-hybridized carbons (Fsp3) is 0.611. The predicted octanol–water partition coefficient (Wildman–Crippen LogP) is 2.68. The maximum absolute atomic E-state index is 12.0. The molecular formula is C18H26N2O3S. The molecule has 0 spiro atoms. The van der Waals surface area contributed by atoms with Crippen molar-refractivity contribution in [1.82, 2.24) is 4.90 Å². The number of carbonyl (C=O) groups excluding carboxylic acids is 1. The maximum Gasteiger partial charge on any atom is 0.350 e. The summed E-state index contributed by atoms with van der Waals surface area (Å²) in [7, 11) is 1.40. The highest BCUT2D eigenvalue weighted by molar-refractivity contribution is 7.15. The molecule has 0 bridgehead atoms. The third kappa shape index (κ3) is 5.82. The Bertz CT molecular complexity index is 616. The lowest BCUT2D eigenvalue weighted by atomic mass is 9.98. The van der Waals surface area contributed by atoms with Crippen LogP contribution in [-0.2, 0) is 9.47 Å². The molecule has 1 aliphatic heterocycles. The van der Waals surface area contributed by atoms with Crippen LogP contribution in [0.15, 0.2) is 6.07 Å². The van der Waals surface area contributed by atoms with E-state index in [9.17, 15) is 4.79 Å². The number of ether oxygens (including phenoxy) is 2. The van der Waals surface area contributed by atoms with Gasteiger partial charge in [-0.15, -0.1) is 11.3 Å². The predicted molar refractivity (Wildman–Crippen MR) is 97.7 cm³/mol. The standard InChI is InChI=1S/C18H26N2O3S/c1-18(2,3)6-5-14-13-15(16(24-14)17(21)22-4)19-7-8-20-9-11-23-12-10-20/h13,19H,7-12H2,1-4H3. The average Bonchev–Trinajstić information content (AvgIpc) is 2.96. The second-order valence-electron chi connectivity index (χ2n) is 6.73. The Morgan fingerprint density at radius 2 is 2.12 bits per heavy atom. The topological polar surface area (TPSA) is 50.8 Å². The first-order chi connectivity index (χ1) is 11.4. The Hall–Kier alpha value is -1.55. The Kier molecular flexibility index (Phi) is 6.67. The molecule has 1 saturated heterocycles. The zero-order valence-corrected chi connectivity index (χ0v) is 15.7. The molecule has 1 aromatic heterocycles. The third-order valence-electron chi connectivity index (χ3n) is 3.51. The van der Waals surface area contributed by atoms with Crippen LogP contribution in [0.2, 0.25) is 0 Å². The first kappa shape index (κ1) is 18.8. The number of hydrogen-bond acceptors (Lipinski definition) is 6. The Morgan fingerprint density at radius 1 is 1.42 bits per heavy atom. The molecule has 0 atom stereocenters. The lowest BCUT2D eigenvalue weighted by molar-refractivity contribution is 0.0398. The number of esters is 1. The number of methoxy groups -OCH3 is 1. The Morgan fingerprint density at radius 3 is 2.75 bits per heavy atom. The van der Waals surface area contributed by atoms with Crippen LogP contribution in [0.3, 0.4) is 0 Å². The molecule has 1 aliphatic rings. The number of morpholine rings is 1. The molecule has 0 saturated carbocycles. The van der Waals surface area contributed by atoms with E-state index >= 15 is 0 Å². The highest BCUT2D eigenvalue weighted by Crippen LogP contribution is 2.28. The van der Waals surface area contributed by atoms with Gasteiger partial charge in [-0.2, -0.15) is 0 Å². The van der Waals surface area contributed by atoms with Crippen molar-refractivity contribution in [3.63, 3.8) is 0 Å². The van der Waals surface area contributed by atoms with Crippen LogP contribution in [0.1, 0.15) is 35.3 Å². The molecule has 1 aromatic rings. The number of nitrogens with one attached hydrogen (secondary N) is 1. The summed E-state index contributed by atoms with van der Waals surface area (Å²) in [4.78, 5) is 15.8. The second-order valence-corrected chi connectivity index (χ2v) is 7.78. The van der Waals surface area contributed by atoms with Crippen LogP contribution in [0.4, 0.5) is 5.69 Å². The van der Waals surface area contributed by atoms with E-state index in [0.717, 1.165) is 50.0 Å². The van der Waals surface area contributed by atoms with Crippen LogP contribution < -0.4 is 5.32 Å². The minimum atomic E-state index is -0.322. The zero-order chi connectivity index (χ0) is 17.6. The van der Waals surface area contributed by atoms with Crippen molar-refractivity contribution in [3.8, 4) is 11.8 Å². The molecule has 24 heavy (non-hydrogen) atoms. The number of hydrogen-bond donors (Lipinski definition) is 1. The van der Waals surface area contributed by atoms with Gasteiger partial charge in [-0.25, -0.2) is 4.79 Å². The van der Waals surface area contributed by atoms with Crippen molar-refractivity contribution >= 4 is 23.0 Å². The molecule has 6 heteroatoms.